The Labute approximate surface area is 116 Å². The summed E-state index contributed by atoms with van der Waals surface area (Å²) < 4.78 is 11.0. The van der Waals surface area contributed by atoms with Gasteiger partial charge in [0.2, 0.25) is 0 Å². The lowest BCUT2D eigenvalue weighted by molar-refractivity contribution is 0.0377. The van der Waals surface area contributed by atoms with E-state index in [1.165, 1.54) is 0 Å². The molecule has 0 fully saturated rings. The largest absolute Gasteiger partial charge is 0.476 e. The maximum absolute atomic E-state index is 11.9. The minimum Gasteiger partial charge on any atom is -0.476 e. The molecule has 2 heterocycles. The van der Waals surface area contributed by atoms with E-state index >= 15 is 0 Å². The molecule has 0 aliphatic carbocycles. The van der Waals surface area contributed by atoms with Gasteiger partial charge >= 0.3 is 5.97 Å². The lowest BCUT2D eigenvalue weighted by Crippen LogP contribution is -2.05. The first kappa shape index (κ1) is 11.5. The van der Waals surface area contributed by atoms with Gasteiger partial charge in [-0.1, -0.05) is 35.0 Å². The zero-order chi connectivity index (χ0) is 12.2. The Hall–Kier alpha value is -0.550. The molecule has 3 atom stereocenters. The molecule has 2 aliphatic rings. The second-order valence-corrected chi connectivity index (χ2v) is 6.01. The van der Waals surface area contributed by atoms with E-state index < -0.39 is 0 Å². The van der Waals surface area contributed by atoms with Gasteiger partial charge in [-0.05, 0) is 22.4 Å². The van der Waals surface area contributed by atoms with Crippen LogP contribution in [0.1, 0.15) is 45.8 Å². The number of alkyl halides is 2. The lowest BCUT2D eigenvalue weighted by Gasteiger charge is -2.07. The van der Waals surface area contributed by atoms with Crippen molar-refractivity contribution >= 4 is 37.8 Å². The minimum atomic E-state index is -0.273. The highest BCUT2D eigenvalue weighted by Gasteiger charge is 2.40. The Morgan fingerprint density at radius 3 is 2.65 bits per heavy atom. The first-order valence-electron chi connectivity index (χ1n) is 5.46. The van der Waals surface area contributed by atoms with Gasteiger partial charge in [0.1, 0.15) is 17.4 Å². The van der Waals surface area contributed by atoms with Gasteiger partial charge in [0.25, 0.3) is 0 Å². The topological polar surface area (TPSA) is 35.5 Å². The molecule has 5 heteroatoms. The second-order valence-electron chi connectivity index (χ2n) is 4.12. The van der Waals surface area contributed by atoms with Crippen LogP contribution < -0.4 is 4.74 Å². The summed E-state index contributed by atoms with van der Waals surface area (Å²) in [5, 5.41) is -0.141. The average molecular weight is 362 g/mol. The van der Waals surface area contributed by atoms with Crippen LogP contribution in [-0.4, -0.2) is 11.0 Å². The molecular formula is C12H10Br2O3. The Morgan fingerprint density at radius 2 is 1.94 bits per heavy atom. The van der Waals surface area contributed by atoms with Crippen molar-refractivity contribution in [3.63, 3.8) is 0 Å². The normalized spacial score (nSPS) is 29.6. The number of fused-ring (bicyclic) bond motifs is 3. The van der Waals surface area contributed by atoms with Gasteiger partial charge in [-0.3, -0.25) is 0 Å². The fourth-order valence-electron chi connectivity index (χ4n) is 2.31. The highest BCUT2D eigenvalue weighted by Crippen LogP contribution is 2.50. The number of benzene rings is 1. The summed E-state index contributed by atoms with van der Waals surface area (Å²) in [4.78, 5) is 11.9. The smallest absolute Gasteiger partial charge is 0.342 e. The van der Waals surface area contributed by atoms with Gasteiger partial charge < -0.3 is 9.47 Å². The lowest BCUT2D eigenvalue weighted by atomic mass is 9.99. The van der Waals surface area contributed by atoms with Crippen molar-refractivity contribution < 1.29 is 14.3 Å². The van der Waals surface area contributed by atoms with E-state index in [9.17, 15) is 4.79 Å². The van der Waals surface area contributed by atoms with Crippen LogP contribution in [0.4, 0.5) is 0 Å². The molecule has 0 saturated carbocycles. The van der Waals surface area contributed by atoms with Crippen molar-refractivity contribution in [1.82, 2.24) is 0 Å². The van der Waals surface area contributed by atoms with Gasteiger partial charge in [0, 0.05) is 11.1 Å². The van der Waals surface area contributed by atoms with Crippen LogP contribution in [0.2, 0.25) is 0 Å². The minimum absolute atomic E-state index is 0.0660. The van der Waals surface area contributed by atoms with Crippen molar-refractivity contribution in [3.8, 4) is 5.75 Å². The number of ether oxygens (including phenoxy) is 2. The average Bonchev–Trinajstić information content (AvgIpc) is 2.79. The maximum atomic E-state index is 11.9. The Kier molecular flexibility index (Phi) is 2.70. The number of hydrogen-bond acceptors (Lipinski definition) is 3. The summed E-state index contributed by atoms with van der Waals surface area (Å²) in [6, 6.07) is 3.97. The molecule has 0 spiro atoms. The van der Waals surface area contributed by atoms with Crippen LogP contribution in [0.5, 0.6) is 5.75 Å². The molecule has 90 valence electrons. The number of carbonyl (C=O) groups excluding carboxylic acids is 1. The van der Waals surface area contributed by atoms with Crippen LogP contribution in [0.25, 0.3) is 0 Å². The van der Waals surface area contributed by atoms with Crippen molar-refractivity contribution in [2.75, 3.05) is 0 Å². The first-order valence-corrected chi connectivity index (χ1v) is 7.29. The summed E-state index contributed by atoms with van der Waals surface area (Å²) in [6.45, 7) is 2.00. The summed E-state index contributed by atoms with van der Waals surface area (Å²) in [5.74, 6) is 0.386. The molecule has 0 amide bonds. The molecule has 2 aliphatic heterocycles. The van der Waals surface area contributed by atoms with Crippen LogP contribution >= 0.6 is 31.9 Å². The molecule has 1 aromatic carbocycles. The van der Waals surface area contributed by atoms with Crippen molar-refractivity contribution in [1.29, 1.82) is 0 Å². The molecule has 3 nitrogen and oxygen atoms in total. The summed E-state index contributed by atoms with van der Waals surface area (Å²) in [5.41, 5.74) is 2.54. The van der Waals surface area contributed by atoms with Crippen LogP contribution in [0, 0.1) is 0 Å². The standard InChI is InChI=1S/C12H10Br2O3/c1-2-7-5-3-4-6-9(13)11(14)17-10(6)8(5)12(15)16-7/h3-4,7,9,11H,2H2,1H3/t7-,9-,11-/m1/s1. The highest BCUT2D eigenvalue weighted by atomic mass is 79.9. The first-order chi connectivity index (χ1) is 8.13. The molecule has 3 rings (SSSR count). The number of rotatable bonds is 1. The monoisotopic (exact) mass is 360 g/mol. The summed E-state index contributed by atoms with van der Waals surface area (Å²) in [6.07, 6.45) is 0.655. The van der Waals surface area contributed by atoms with E-state index in [1.807, 2.05) is 19.1 Å². The summed E-state index contributed by atoms with van der Waals surface area (Å²) in [7, 11) is 0. The fourth-order valence-corrected chi connectivity index (χ4v) is 3.25. The predicted octanol–water partition coefficient (Wildman–Crippen LogP) is 3.86. The Bertz CT molecular complexity index is 501. The van der Waals surface area contributed by atoms with Crippen LogP contribution in [-0.2, 0) is 4.74 Å². The number of hydrogen-bond donors (Lipinski definition) is 0. The quantitative estimate of drug-likeness (QED) is 0.562. The van der Waals surface area contributed by atoms with Crippen molar-refractivity contribution in [2.45, 2.75) is 29.3 Å². The van der Waals surface area contributed by atoms with Gasteiger partial charge in [0.05, 0.1) is 4.83 Å². The number of cyclic esters (lactones) is 1. The number of halogens is 2. The number of carbonyl (C=O) groups is 1. The number of esters is 1. The molecule has 17 heavy (non-hydrogen) atoms. The second kappa shape index (κ2) is 3.99. The molecular weight excluding hydrogens is 352 g/mol. The van der Waals surface area contributed by atoms with Crippen LogP contribution in [0.3, 0.4) is 0 Å². The Balaban J connectivity index is 2.18. The van der Waals surface area contributed by atoms with E-state index in [0.29, 0.717) is 11.3 Å². The maximum Gasteiger partial charge on any atom is 0.342 e. The van der Waals surface area contributed by atoms with E-state index in [2.05, 4.69) is 31.9 Å². The highest BCUT2D eigenvalue weighted by molar-refractivity contribution is 9.12. The molecule has 1 aromatic rings. The van der Waals surface area contributed by atoms with Crippen molar-refractivity contribution in [2.24, 2.45) is 0 Å². The third-order valence-corrected chi connectivity index (χ3v) is 5.55. The molecule has 0 aromatic heterocycles. The summed E-state index contributed by atoms with van der Waals surface area (Å²) >= 11 is 6.96. The third-order valence-electron chi connectivity index (χ3n) is 3.15. The fraction of sp³-hybridized carbons (Fsp3) is 0.417. The molecule has 0 bridgehead atoms. The molecule has 0 unspecified atom stereocenters. The van der Waals surface area contributed by atoms with E-state index in [1.54, 1.807) is 0 Å². The van der Waals surface area contributed by atoms with E-state index in [4.69, 9.17) is 9.47 Å². The molecule has 0 N–H and O–H groups in total. The zero-order valence-electron chi connectivity index (χ0n) is 9.07. The third kappa shape index (κ3) is 1.55. The zero-order valence-corrected chi connectivity index (χ0v) is 12.2. The van der Waals surface area contributed by atoms with Crippen molar-refractivity contribution in [3.05, 3.63) is 28.8 Å². The van der Waals surface area contributed by atoms with Gasteiger partial charge in [-0.15, -0.1) is 0 Å². The SMILES string of the molecule is CC[C@H]1OC(=O)c2c1ccc1c2O[C@@H](Br)[C@@H]1Br. The Morgan fingerprint density at radius 1 is 1.24 bits per heavy atom. The van der Waals surface area contributed by atoms with E-state index in [-0.39, 0.29) is 21.9 Å². The predicted molar refractivity (Wildman–Crippen MR) is 69.9 cm³/mol. The van der Waals surface area contributed by atoms with Crippen LogP contribution in [0.15, 0.2) is 12.1 Å². The molecule has 0 radical (unpaired) electrons. The van der Waals surface area contributed by atoms with E-state index in [0.717, 1.165) is 17.5 Å². The van der Waals surface area contributed by atoms with Gasteiger partial charge in [-0.25, -0.2) is 4.79 Å². The molecule has 0 saturated heterocycles. The van der Waals surface area contributed by atoms with Gasteiger partial charge in [-0.2, -0.15) is 0 Å². The van der Waals surface area contributed by atoms with Gasteiger partial charge in [0.15, 0.2) is 5.01 Å².